The van der Waals surface area contributed by atoms with Crippen LogP contribution in [0.5, 0.6) is 0 Å². The average Bonchev–Trinajstić information content (AvgIpc) is 3.06. The molecule has 1 unspecified atom stereocenters. The molecule has 1 aromatic carbocycles. The fourth-order valence-electron chi connectivity index (χ4n) is 3.30. The Bertz CT molecular complexity index is 726. The summed E-state index contributed by atoms with van der Waals surface area (Å²) < 4.78 is 45.6. The Balaban J connectivity index is 1.76. The van der Waals surface area contributed by atoms with Crippen molar-refractivity contribution in [1.82, 2.24) is 9.21 Å². The molecule has 1 amide bonds. The quantitative estimate of drug-likeness (QED) is 0.804. The maximum atomic E-state index is 13.8. The summed E-state index contributed by atoms with van der Waals surface area (Å²) in [5.74, 6) is -1.22. The van der Waals surface area contributed by atoms with E-state index < -0.39 is 27.3 Å². The Labute approximate surface area is 140 Å². The topological polar surface area (TPSA) is 92.9 Å². The van der Waals surface area contributed by atoms with Gasteiger partial charge in [-0.15, -0.1) is 0 Å². The standard InChI is InChI=1S/C15H20FN3O4S/c16-12-3-1-2-4-13(12)24(21,22)19-8-6-18(7-9-19)15(14(17)20)5-10-23-11-15/h1-4H,5-11H2,(H2,17,20). The summed E-state index contributed by atoms with van der Waals surface area (Å²) in [5.41, 5.74) is 4.69. The van der Waals surface area contributed by atoms with E-state index in [1.807, 2.05) is 4.90 Å². The normalized spacial score (nSPS) is 26.5. The number of nitrogens with zero attached hydrogens (tertiary/aromatic N) is 2. The van der Waals surface area contributed by atoms with E-state index in [4.69, 9.17) is 10.5 Å². The van der Waals surface area contributed by atoms with Crippen LogP contribution in [-0.2, 0) is 19.6 Å². The van der Waals surface area contributed by atoms with Gasteiger partial charge in [-0.3, -0.25) is 9.69 Å². The van der Waals surface area contributed by atoms with Gasteiger partial charge in [0.2, 0.25) is 15.9 Å². The number of rotatable bonds is 4. The van der Waals surface area contributed by atoms with E-state index in [0.717, 1.165) is 6.07 Å². The highest BCUT2D eigenvalue weighted by Crippen LogP contribution is 2.29. The number of carbonyl (C=O) groups excluding carboxylic acids is 1. The lowest BCUT2D eigenvalue weighted by Gasteiger charge is -2.42. The molecule has 2 heterocycles. The van der Waals surface area contributed by atoms with E-state index in [0.29, 0.717) is 26.1 Å². The lowest BCUT2D eigenvalue weighted by Crippen LogP contribution is -2.63. The van der Waals surface area contributed by atoms with Crippen LogP contribution in [0, 0.1) is 5.82 Å². The summed E-state index contributed by atoms with van der Waals surface area (Å²) in [5, 5.41) is 0. The summed E-state index contributed by atoms with van der Waals surface area (Å²) in [6, 6.07) is 5.32. The molecule has 2 aliphatic heterocycles. The zero-order chi connectivity index (χ0) is 17.4. The minimum absolute atomic E-state index is 0.172. The highest BCUT2D eigenvalue weighted by Gasteiger charge is 2.47. The highest BCUT2D eigenvalue weighted by molar-refractivity contribution is 7.89. The van der Waals surface area contributed by atoms with E-state index in [1.165, 1.54) is 22.5 Å². The fraction of sp³-hybridized carbons (Fsp3) is 0.533. The molecule has 2 aliphatic rings. The van der Waals surface area contributed by atoms with Crippen LogP contribution < -0.4 is 5.73 Å². The number of hydrogen-bond acceptors (Lipinski definition) is 5. The van der Waals surface area contributed by atoms with Crippen LogP contribution in [-0.4, -0.2) is 68.5 Å². The van der Waals surface area contributed by atoms with E-state index in [2.05, 4.69) is 0 Å². The van der Waals surface area contributed by atoms with Gasteiger partial charge in [0, 0.05) is 39.2 Å². The fourth-order valence-corrected chi connectivity index (χ4v) is 4.79. The largest absolute Gasteiger partial charge is 0.379 e. The number of benzene rings is 1. The van der Waals surface area contributed by atoms with Gasteiger partial charge in [0.25, 0.3) is 0 Å². The van der Waals surface area contributed by atoms with Crippen molar-refractivity contribution in [1.29, 1.82) is 0 Å². The van der Waals surface area contributed by atoms with Gasteiger partial charge in [0.05, 0.1) is 6.61 Å². The van der Waals surface area contributed by atoms with Gasteiger partial charge in [0.1, 0.15) is 16.3 Å². The molecule has 24 heavy (non-hydrogen) atoms. The van der Waals surface area contributed by atoms with E-state index in [-0.39, 0.29) is 24.6 Å². The minimum Gasteiger partial charge on any atom is -0.379 e. The number of halogens is 1. The first-order valence-electron chi connectivity index (χ1n) is 7.75. The third-order valence-electron chi connectivity index (χ3n) is 4.76. The van der Waals surface area contributed by atoms with Crippen molar-refractivity contribution in [3.05, 3.63) is 30.1 Å². The Morgan fingerprint density at radius 3 is 2.42 bits per heavy atom. The second kappa shape index (κ2) is 6.40. The Hall–Kier alpha value is -1.55. The van der Waals surface area contributed by atoms with Crippen LogP contribution in [0.15, 0.2) is 29.2 Å². The predicted molar refractivity (Wildman–Crippen MR) is 84.1 cm³/mol. The second-order valence-electron chi connectivity index (χ2n) is 6.02. The lowest BCUT2D eigenvalue weighted by atomic mass is 9.94. The monoisotopic (exact) mass is 357 g/mol. The van der Waals surface area contributed by atoms with Crippen molar-refractivity contribution < 1.29 is 22.3 Å². The summed E-state index contributed by atoms with van der Waals surface area (Å²) in [7, 11) is -3.90. The molecular weight excluding hydrogens is 337 g/mol. The lowest BCUT2D eigenvalue weighted by molar-refractivity contribution is -0.131. The van der Waals surface area contributed by atoms with Gasteiger partial charge in [-0.2, -0.15) is 4.31 Å². The molecule has 0 bridgehead atoms. The highest BCUT2D eigenvalue weighted by atomic mass is 32.2. The van der Waals surface area contributed by atoms with Crippen molar-refractivity contribution in [2.45, 2.75) is 16.9 Å². The van der Waals surface area contributed by atoms with Gasteiger partial charge in [-0.1, -0.05) is 12.1 Å². The van der Waals surface area contributed by atoms with Crippen LogP contribution >= 0.6 is 0 Å². The van der Waals surface area contributed by atoms with Crippen LogP contribution in [0.1, 0.15) is 6.42 Å². The zero-order valence-corrected chi connectivity index (χ0v) is 14.0. The third kappa shape index (κ3) is 2.81. The minimum atomic E-state index is -3.90. The van der Waals surface area contributed by atoms with Gasteiger partial charge in [-0.05, 0) is 12.1 Å². The molecule has 0 spiro atoms. The smallest absolute Gasteiger partial charge is 0.246 e. The van der Waals surface area contributed by atoms with Gasteiger partial charge < -0.3 is 10.5 Å². The Morgan fingerprint density at radius 1 is 1.21 bits per heavy atom. The van der Waals surface area contributed by atoms with Crippen molar-refractivity contribution in [2.24, 2.45) is 5.73 Å². The molecule has 2 N–H and O–H groups in total. The number of amides is 1. The molecular formula is C15H20FN3O4S. The maximum absolute atomic E-state index is 13.8. The van der Waals surface area contributed by atoms with E-state index >= 15 is 0 Å². The number of hydrogen-bond donors (Lipinski definition) is 1. The first-order chi connectivity index (χ1) is 11.4. The number of sulfonamides is 1. The predicted octanol–water partition coefficient (Wildman–Crippen LogP) is -0.224. The van der Waals surface area contributed by atoms with Crippen molar-refractivity contribution in [3.63, 3.8) is 0 Å². The van der Waals surface area contributed by atoms with Gasteiger partial charge in [0.15, 0.2) is 0 Å². The van der Waals surface area contributed by atoms with E-state index in [9.17, 15) is 17.6 Å². The molecule has 9 heteroatoms. The number of ether oxygens (including phenoxy) is 1. The van der Waals surface area contributed by atoms with Gasteiger partial charge >= 0.3 is 0 Å². The average molecular weight is 357 g/mol. The van der Waals surface area contributed by atoms with Crippen molar-refractivity contribution in [3.8, 4) is 0 Å². The first-order valence-corrected chi connectivity index (χ1v) is 9.19. The molecule has 7 nitrogen and oxygen atoms in total. The Kier molecular flexibility index (Phi) is 4.60. The summed E-state index contributed by atoms with van der Waals surface area (Å²) in [6.07, 6.45) is 0.502. The summed E-state index contributed by atoms with van der Waals surface area (Å²) in [4.78, 5) is 13.4. The number of piperazine rings is 1. The molecule has 0 radical (unpaired) electrons. The van der Waals surface area contributed by atoms with Crippen LogP contribution in [0.2, 0.25) is 0 Å². The molecule has 2 saturated heterocycles. The molecule has 0 aromatic heterocycles. The first kappa shape index (κ1) is 17.3. The van der Waals surface area contributed by atoms with E-state index in [1.54, 1.807) is 0 Å². The molecule has 0 aliphatic carbocycles. The van der Waals surface area contributed by atoms with Crippen LogP contribution in [0.25, 0.3) is 0 Å². The Morgan fingerprint density at radius 2 is 1.88 bits per heavy atom. The van der Waals surface area contributed by atoms with Crippen LogP contribution in [0.4, 0.5) is 4.39 Å². The third-order valence-corrected chi connectivity index (χ3v) is 6.69. The number of nitrogens with two attached hydrogens (primary N) is 1. The molecule has 132 valence electrons. The summed E-state index contributed by atoms with van der Waals surface area (Å²) >= 11 is 0. The molecule has 3 rings (SSSR count). The molecule has 1 atom stereocenters. The van der Waals surface area contributed by atoms with Crippen LogP contribution in [0.3, 0.4) is 0 Å². The SMILES string of the molecule is NC(=O)C1(N2CCN(S(=O)(=O)c3ccccc3F)CC2)CCOC1. The van der Waals surface area contributed by atoms with Crippen molar-refractivity contribution >= 4 is 15.9 Å². The van der Waals surface area contributed by atoms with Gasteiger partial charge in [-0.25, -0.2) is 12.8 Å². The number of primary amides is 1. The zero-order valence-electron chi connectivity index (χ0n) is 13.2. The maximum Gasteiger partial charge on any atom is 0.246 e. The number of carbonyl (C=O) groups is 1. The van der Waals surface area contributed by atoms with Crippen molar-refractivity contribution in [2.75, 3.05) is 39.4 Å². The summed E-state index contributed by atoms with van der Waals surface area (Å²) in [6.45, 7) is 1.72. The molecule has 0 saturated carbocycles. The second-order valence-corrected chi connectivity index (χ2v) is 7.93. The molecule has 2 fully saturated rings. The molecule has 1 aromatic rings.